The lowest BCUT2D eigenvalue weighted by atomic mass is 9.49. The van der Waals surface area contributed by atoms with Crippen molar-refractivity contribution in [1.29, 1.82) is 0 Å². The summed E-state index contributed by atoms with van der Waals surface area (Å²) in [7, 11) is 0. The molecular weight excluding hydrogens is 352 g/mol. The number of carbonyl (C=O) groups is 2. The first kappa shape index (κ1) is 16.9. The van der Waals surface area contributed by atoms with E-state index in [0.717, 1.165) is 67.5 Å². The summed E-state index contributed by atoms with van der Waals surface area (Å²) in [5.41, 5.74) is 1.76. The van der Waals surface area contributed by atoms with Crippen molar-refractivity contribution >= 4 is 17.6 Å². The topological polar surface area (TPSA) is 75.2 Å². The monoisotopic (exact) mass is 380 g/mol. The summed E-state index contributed by atoms with van der Waals surface area (Å²) in [5, 5.41) is 3.21. The van der Waals surface area contributed by atoms with E-state index in [0.29, 0.717) is 18.9 Å². The summed E-state index contributed by atoms with van der Waals surface area (Å²) >= 11 is 0. The molecule has 0 aromatic carbocycles. The quantitative estimate of drug-likeness (QED) is 0.875. The van der Waals surface area contributed by atoms with Gasteiger partial charge in [0, 0.05) is 18.0 Å². The van der Waals surface area contributed by atoms with E-state index in [9.17, 15) is 9.59 Å². The lowest BCUT2D eigenvalue weighted by Crippen LogP contribution is -2.52. The number of fused-ring (bicyclic) bond motifs is 1. The van der Waals surface area contributed by atoms with E-state index in [2.05, 4.69) is 15.3 Å². The van der Waals surface area contributed by atoms with Gasteiger partial charge >= 0.3 is 0 Å². The Hall–Kier alpha value is -1.98. The average Bonchev–Trinajstić information content (AvgIpc) is 3.51. The Balaban J connectivity index is 1.22. The van der Waals surface area contributed by atoms with Crippen molar-refractivity contribution in [2.24, 2.45) is 29.1 Å². The second-order valence-corrected chi connectivity index (χ2v) is 10.1. The summed E-state index contributed by atoms with van der Waals surface area (Å²) in [6.07, 6.45) is 11.5. The minimum absolute atomic E-state index is 0.171. The van der Waals surface area contributed by atoms with Gasteiger partial charge in [0.1, 0.15) is 12.1 Å². The molecule has 6 aliphatic rings. The molecule has 0 saturated heterocycles. The number of hydrogen-bond acceptors (Lipinski definition) is 4. The van der Waals surface area contributed by atoms with Gasteiger partial charge in [-0.15, -0.1) is 0 Å². The largest absolute Gasteiger partial charge is 0.336 e. The van der Waals surface area contributed by atoms with Crippen LogP contribution in [-0.2, 0) is 22.6 Å². The zero-order valence-corrected chi connectivity index (χ0v) is 16.3. The minimum atomic E-state index is -0.171. The number of nitrogens with one attached hydrogen (secondary N) is 1. The van der Waals surface area contributed by atoms with E-state index in [1.807, 2.05) is 4.90 Å². The van der Waals surface area contributed by atoms with Gasteiger partial charge in [-0.05, 0) is 75.5 Å². The molecule has 0 atom stereocenters. The molecule has 6 heteroatoms. The van der Waals surface area contributed by atoms with E-state index in [4.69, 9.17) is 0 Å². The van der Waals surface area contributed by atoms with Crippen LogP contribution in [0.4, 0.5) is 5.82 Å². The SMILES string of the molecule is O=C(C1CC1)N1CCc2c(ncnc2NC(=O)C23CC4CC(CC(C4)C2)C3)C1. The van der Waals surface area contributed by atoms with Gasteiger partial charge in [-0.2, -0.15) is 0 Å². The van der Waals surface area contributed by atoms with Crippen LogP contribution in [0.1, 0.15) is 62.6 Å². The molecule has 1 aromatic rings. The number of anilines is 1. The molecule has 1 N–H and O–H groups in total. The van der Waals surface area contributed by atoms with Crippen LogP contribution in [-0.4, -0.2) is 33.2 Å². The van der Waals surface area contributed by atoms with Gasteiger partial charge in [0.05, 0.1) is 17.7 Å². The Morgan fingerprint density at radius 1 is 1.04 bits per heavy atom. The van der Waals surface area contributed by atoms with Crippen LogP contribution in [0.15, 0.2) is 6.33 Å². The van der Waals surface area contributed by atoms with E-state index in [-0.39, 0.29) is 23.1 Å². The normalized spacial score (nSPS) is 35.6. The van der Waals surface area contributed by atoms with Gasteiger partial charge in [0.25, 0.3) is 0 Å². The fourth-order valence-corrected chi connectivity index (χ4v) is 6.87. The highest BCUT2D eigenvalue weighted by Gasteiger charge is 2.54. The van der Waals surface area contributed by atoms with Crippen LogP contribution < -0.4 is 5.32 Å². The predicted octanol–water partition coefficient (Wildman–Crippen LogP) is 2.93. The lowest BCUT2D eigenvalue weighted by molar-refractivity contribution is -0.140. The minimum Gasteiger partial charge on any atom is -0.336 e. The Labute approximate surface area is 165 Å². The van der Waals surface area contributed by atoms with Crippen LogP contribution in [0.3, 0.4) is 0 Å². The fourth-order valence-electron chi connectivity index (χ4n) is 6.87. The molecule has 1 aliphatic heterocycles. The Kier molecular flexibility index (Phi) is 3.63. The van der Waals surface area contributed by atoms with Crippen molar-refractivity contribution in [3.8, 4) is 0 Å². The van der Waals surface area contributed by atoms with E-state index < -0.39 is 0 Å². The molecule has 2 amide bonds. The molecule has 5 saturated carbocycles. The van der Waals surface area contributed by atoms with E-state index >= 15 is 0 Å². The zero-order chi connectivity index (χ0) is 18.9. The standard InChI is InChI=1S/C22H28N4O2/c27-20(16-1-2-16)26-4-3-17-18(11-26)23-12-24-19(17)25-21(28)22-8-13-5-14(9-22)7-15(6-13)10-22/h12-16H,1-11H2,(H,23,24,25,28). The highest BCUT2D eigenvalue weighted by Crippen LogP contribution is 2.60. The number of hydrogen-bond donors (Lipinski definition) is 1. The van der Waals surface area contributed by atoms with Crippen LogP contribution in [0.25, 0.3) is 0 Å². The van der Waals surface area contributed by atoms with E-state index in [1.54, 1.807) is 6.33 Å². The summed E-state index contributed by atoms with van der Waals surface area (Å²) in [6.45, 7) is 1.25. The summed E-state index contributed by atoms with van der Waals surface area (Å²) in [6, 6.07) is 0. The fraction of sp³-hybridized carbons (Fsp3) is 0.727. The molecular formula is C22H28N4O2. The highest BCUT2D eigenvalue weighted by molar-refractivity contribution is 5.95. The second-order valence-electron chi connectivity index (χ2n) is 10.1. The first-order valence-corrected chi connectivity index (χ1v) is 11.0. The maximum Gasteiger partial charge on any atom is 0.231 e. The Morgan fingerprint density at radius 2 is 1.71 bits per heavy atom. The Morgan fingerprint density at radius 3 is 2.36 bits per heavy atom. The third-order valence-corrected chi connectivity index (χ3v) is 8.00. The third kappa shape index (κ3) is 2.67. The molecule has 2 heterocycles. The van der Waals surface area contributed by atoms with Crippen LogP contribution >= 0.6 is 0 Å². The van der Waals surface area contributed by atoms with Gasteiger partial charge in [-0.3, -0.25) is 9.59 Å². The van der Waals surface area contributed by atoms with Gasteiger partial charge in [-0.1, -0.05) is 0 Å². The first-order chi connectivity index (χ1) is 13.6. The van der Waals surface area contributed by atoms with Crippen molar-refractivity contribution in [3.63, 3.8) is 0 Å². The summed E-state index contributed by atoms with van der Waals surface area (Å²) < 4.78 is 0. The maximum absolute atomic E-state index is 13.4. The number of carbonyl (C=O) groups excluding carboxylic acids is 2. The number of nitrogens with zero attached hydrogens (tertiary/aromatic N) is 3. The smallest absolute Gasteiger partial charge is 0.231 e. The van der Waals surface area contributed by atoms with Gasteiger partial charge in [0.15, 0.2) is 0 Å². The van der Waals surface area contributed by atoms with Gasteiger partial charge in [0.2, 0.25) is 11.8 Å². The maximum atomic E-state index is 13.4. The molecule has 7 rings (SSSR count). The summed E-state index contributed by atoms with van der Waals surface area (Å²) in [4.78, 5) is 36.6. The Bertz CT molecular complexity index is 812. The summed E-state index contributed by atoms with van der Waals surface area (Å²) in [5.74, 6) is 3.62. The van der Waals surface area contributed by atoms with E-state index in [1.165, 1.54) is 19.3 Å². The van der Waals surface area contributed by atoms with Crippen LogP contribution in [0, 0.1) is 29.1 Å². The molecule has 5 aliphatic carbocycles. The number of aromatic nitrogens is 2. The predicted molar refractivity (Wildman–Crippen MR) is 103 cm³/mol. The second kappa shape index (κ2) is 6.01. The van der Waals surface area contributed by atoms with Crippen molar-refractivity contribution in [2.45, 2.75) is 64.3 Å². The molecule has 0 unspecified atom stereocenters. The molecule has 0 radical (unpaired) electrons. The molecule has 1 aromatic heterocycles. The van der Waals surface area contributed by atoms with Crippen LogP contribution in [0.2, 0.25) is 0 Å². The molecule has 28 heavy (non-hydrogen) atoms. The molecule has 6 nitrogen and oxygen atoms in total. The third-order valence-electron chi connectivity index (χ3n) is 8.00. The average molecular weight is 380 g/mol. The van der Waals surface area contributed by atoms with Crippen molar-refractivity contribution in [2.75, 3.05) is 11.9 Å². The number of rotatable bonds is 3. The van der Waals surface area contributed by atoms with Gasteiger partial charge in [-0.25, -0.2) is 9.97 Å². The van der Waals surface area contributed by atoms with Crippen molar-refractivity contribution < 1.29 is 9.59 Å². The zero-order valence-electron chi connectivity index (χ0n) is 16.3. The first-order valence-electron chi connectivity index (χ1n) is 11.0. The highest BCUT2D eigenvalue weighted by atomic mass is 16.2. The van der Waals surface area contributed by atoms with Crippen molar-refractivity contribution in [1.82, 2.24) is 14.9 Å². The van der Waals surface area contributed by atoms with Gasteiger partial charge < -0.3 is 10.2 Å². The van der Waals surface area contributed by atoms with Crippen molar-refractivity contribution in [3.05, 3.63) is 17.6 Å². The molecule has 5 fully saturated rings. The number of amides is 2. The molecule has 0 spiro atoms. The van der Waals surface area contributed by atoms with Crippen LogP contribution in [0.5, 0.6) is 0 Å². The molecule has 148 valence electrons. The lowest BCUT2D eigenvalue weighted by Gasteiger charge is -2.55. The molecule has 4 bridgehead atoms.